The number of aromatic nitrogens is 2. The summed E-state index contributed by atoms with van der Waals surface area (Å²) in [5.74, 6) is 0.489. The molecule has 6 aromatic rings. The van der Waals surface area contributed by atoms with Gasteiger partial charge in [-0.05, 0) is 115 Å². The second-order valence-corrected chi connectivity index (χ2v) is 15.1. The standard InChI is InChI=1S/C27H37ClN4O2.C17H14ClNO3/c1-29(2)16-8-18-32(19-9-17-30(3)4)27(33)26-23-10-6-7-11-24(23)31(5)25(26)20-34-22-14-12-21(28)13-15-22;1-19-14-5-3-2-4-13(14)16(17(20)21)15(19)10-22-12-8-6-11(18)7-9-12/h6-7,10-15H,8-9,16-20H2,1-5H3;2-9H,10H2,1H3,(H,20,21). The minimum atomic E-state index is -0.952. The van der Waals surface area contributed by atoms with Crippen molar-refractivity contribution in [1.82, 2.24) is 23.8 Å². The Kier molecular flexibility index (Phi) is 14.9. The molecule has 0 radical (unpaired) electrons. The van der Waals surface area contributed by atoms with Crippen LogP contribution in [0.4, 0.5) is 0 Å². The fraction of sp³-hybridized carbons (Fsp3) is 0.318. The summed E-state index contributed by atoms with van der Waals surface area (Å²) in [6.45, 7) is 3.82. The van der Waals surface area contributed by atoms with Gasteiger partial charge in [-0.2, -0.15) is 0 Å². The smallest absolute Gasteiger partial charge is 0.338 e. The average molecular weight is 801 g/mol. The fourth-order valence-electron chi connectivity index (χ4n) is 6.70. The number of hydrogen-bond acceptors (Lipinski definition) is 6. The molecule has 0 aliphatic heterocycles. The van der Waals surface area contributed by atoms with Crippen LogP contribution in [0.1, 0.15) is 44.9 Å². The summed E-state index contributed by atoms with van der Waals surface area (Å²) in [7, 11) is 12.1. The van der Waals surface area contributed by atoms with Crippen LogP contribution in [-0.2, 0) is 27.3 Å². The van der Waals surface area contributed by atoms with Crippen molar-refractivity contribution >= 4 is 56.9 Å². The number of halogens is 2. The molecular formula is C44H51Cl2N5O5. The van der Waals surface area contributed by atoms with Crippen molar-refractivity contribution in [2.24, 2.45) is 14.1 Å². The van der Waals surface area contributed by atoms with Gasteiger partial charge in [0, 0.05) is 59.0 Å². The summed E-state index contributed by atoms with van der Waals surface area (Å²) in [5, 5.41) is 12.5. The van der Waals surface area contributed by atoms with Crippen LogP contribution < -0.4 is 9.47 Å². The number of ether oxygens (including phenoxy) is 2. The Balaban J connectivity index is 0.000000234. The number of hydrogen-bond donors (Lipinski definition) is 1. The van der Waals surface area contributed by atoms with Gasteiger partial charge in [-0.25, -0.2) is 4.79 Å². The SMILES string of the molecule is CN(C)CCCN(CCCN(C)C)C(=O)c1c(COc2ccc(Cl)cc2)n(C)c2ccccc12.Cn1c(COc2ccc(Cl)cc2)c(C(=O)O)c2ccccc21. The zero-order valence-corrected chi connectivity index (χ0v) is 34.5. The predicted molar refractivity (Wildman–Crippen MR) is 227 cm³/mol. The molecule has 0 unspecified atom stereocenters. The second kappa shape index (κ2) is 19.7. The Hall–Kier alpha value is -5.00. The Morgan fingerprint density at radius 1 is 0.589 bits per heavy atom. The average Bonchev–Trinajstić information content (AvgIpc) is 3.63. The summed E-state index contributed by atoms with van der Waals surface area (Å²) in [6.07, 6.45) is 1.87. The third-order valence-electron chi connectivity index (χ3n) is 9.62. The van der Waals surface area contributed by atoms with Crippen LogP contribution >= 0.6 is 23.2 Å². The summed E-state index contributed by atoms with van der Waals surface area (Å²) in [4.78, 5) is 32.0. The van der Waals surface area contributed by atoms with Gasteiger partial charge in [0.25, 0.3) is 5.91 Å². The van der Waals surface area contributed by atoms with Gasteiger partial charge in [-0.3, -0.25) is 4.79 Å². The second-order valence-electron chi connectivity index (χ2n) is 14.2. The van der Waals surface area contributed by atoms with E-state index in [0.29, 0.717) is 33.5 Å². The Morgan fingerprint density at radius 3 is 1.39 bits per heavy atom. The van der Waals surface area contributed by atoms with Crippen molar-refractivity contribution < 1.29 is 24.2 Å². The summed E-state index contributed by atoms with van der Waals surface area (Å²) in [6, 6.07) is 29.8. The topological polar surface area (TPSA) is 92.4 Å². The highest BCUT2D eigenvalue weighted by molar-refractivity contribution is 6.30. The molecule has 0 atom stereocenters. The molecule has 0 saturated carbocycles. The van der Waals surface area contributed by atoms with Crippen molar-refractivity contribution in [2.45, 2.75) is 26.1 Å². The van der Waals surface area contributed by atoms with Crippen LogP contribution in [-0.4, -0.2) is 95.2 Å². The van der Waals surface area contributed by atoms with Crippen molar-refractivity contribution in [3.05, 3.63) is 130 Å². The van der Waals surface area contributed by atoms with Crippen LogP contribution in [0.25, 0.3) is 21.8 Å². The molecule has 0 saturated heterocycles. The first-order valence-corrected chi connectivity index (χ1v) is 19.3. The highest BCUT2D eigenvalue weighted by Gasteiger charge is 2.26. The highest BCUT2D eigenvalue weighted by Crippen LogP contribution is 2.29. The number of aryl methyl sites for hydroxylation is 2. The van der Waals surface area contributed by atoms with Gasteiger partial charge in [0.15, 0.2) is 0 Å². The van der Waals surface area contributed by atoms with E-state index in [1.54, 1.807) is 24.3 Å². The maximum Gasteiger partial charge on any atom is 0.338 e. The van der Waals surface area contributed by atoms with E-state index in [9.17, 15) is 14.7 Å². The third kappa shape index (κ3) is 10.6. The van der Waals surface area contributed by atoms with Gasteiger partial charge < -0.3 is 38.4 Å². The molecule has 0 spiro atoms. The molecule has 10 nitrogen and oxygen atoms in total. The van der Waals surface area contributed by atoms with Gasteiger partial charge >= 0.3 is 5.97 Å². The fourth-order valence-corrected chi connectivity index (χ4v) is 6.95. The summed E-state index contributed by atoms with van der Waals surface area (Å²) in [5.41, 5.74) is 4.43. The molecule has 6 rings (SSSR count). The van der Waals surface area contributed by atoms with E-state index in [0.717, 1.165) is 72.4 Å². The lowest BCUT2D eigenvalue weighted by Crippen LogP contribution is -2.36. The van der Waals surface area contributed by atoms with E-state index in [1.165, 1.54) is 0 Å². The first-order chi connectivity index (χ1) is 26.8. The van der Waals surface area contributed by atoms with Crippen LogP contribution in [0.15, 0.2) is 97.1 Å². The number of para-hydroxylation sites is 2. The minimum Gasteiger partial charge on any atom is -0.487 e. The quantitative estimate of drug-likeness (QED) is 0.105. The number of carbonyl (C=O) groups is 2. The monoisotopic (exact) mass is 799 g/mol. The lowest BCUT2D eigenvalue weighted by atomic mass is 10.1. The molecule has 2 aromatic heterocycles. The lowest BCUT2D eigenvalue weighted by Gasteiger charge is -2.25. The molecule has 1 N–H and O–H groups in total. The Bertz CT molecular complexity index is 2220. The maximum atomic E-state index is 14.0. The zero-order chi connectivity index (χ0) is 40.4. The number of amides is 1. The molecule has 296 valence electrons. The number of carboxylic acid groups (broad SMARTS) is 1. The summed E-state index contributed by atoms with van der Waals surface area (Å²) >= 11 is 11.9. The number of carbonyl (C=O) groups excluding carboxylic acids is 1. The van der Waals surface area contributed by atoms with Gasteiger partial charge in [-0.1, -0.05) is 59.6 Å². The number of fused-ring (bicyclic) bond motifs is 2. The molecule has 2 heterocycles. The van der Waals surface area contributed by atoms with Crippen LogP contribution in [0.5, 0.6) is 11.5 Å². The largest absolute Gasteiger partial charge is 0.487 e. The van der Waals surface area contributed by atoms with Crippen LogP contribution in [0.3, 0.4) is 0 Å². The minimum absolute atomic E-state index is 0.0732. The molecule has 1 amide bonds. The van der Waals surface area contributed by atoms with E-state index in [-0.39, 0.29) is 18.1 Å². The van der Waals surface area contributed by atoms with Crippen molar-refractivity contribution in [2.75, 3.05) is 54.4 Å². The molecular weight excluding hydrogens is 749 g/mol. The van der Waals surface area contributed by atoms with E-state index < -0.39 is 5.97 Å². The summed E-state index contributed by atoms with van der Waals surface area (Å²) < 4.78 is 15.7. The number of aromatic carboxylic acids is 1. The Labute approximate surface area is 339 Å². The molecule has 12 heteroatoms. The van der Waals surface area contributed by atoms with E-state index in [4.69, 9.17) is 32.7 Å². The van der Waals surface area contributed by atoms with Crippen LogP contribution in [0, 0.1) is 0 Å². The van der Waals surface area contributed by atoms with E-state index in [1.807, 2.05) is 90.3 Å². The first-order valence-electron chi connectivity index (χ1n) is 18.6. The van der Waals surface area contributed by atoms with Crippen molar-refractivity contribution in [3.63, 3.8) is 0 Å². The number of nitrogens with zero attached hydrogens (tertiary/aromatic N) is 5. The third-order valence-corrected chi connectivity index (χ3v) is 10.1. The van der Waals surface area contributed by atoms with Gasteiger partial charge in [0.1, 0.15) is 24.7 Å². The highest BCUT2D eigenvalue weighted by atomic mass is 35.5. The molecule has 4 aromatic carbocycles. The molecule has 56 heavy (non-hydrogen) atoms. The van der Waals surface area contributed by atoms with Crippen LogP contribution in [0.2, 0.25) is 10.0 Å². The predicted octanol–water partition coefficient (Wildman–Crippen LogP) is 8.87. The maximum absolute atomic E-state index is 14.0. The normalized spacial score (nSPS) is 11.2. The molecule has 0 aliphatic rings. The number of carboxylic acids is 1. The van der Waals surface area contributed by atoms with Crippen molar-refractivity contribution in [3.8, 4) is 11.5 Å². The van der Waals surface area contributed by atoms with E-state index in [2.05, 4.69) is 48.6 Å². The molecule has 0 fully saturated rings. The van der Waals surface area contributed by atoms with E-state index >= 15 is 0 Å². The van der Waals surface area contributed by atoms with Gasteiger partial charge in [-0.15, -0.1) is 0 Å². The van der Waals surface area contributed by atoms with Gasteiger partial charge in [0.2, 0.25) is 0 Å². The molecule has 0 bridgehead atoms. The molecule has 0 aliphatic carbocycles. The van der Waals surface area contributed by atoms with Crippen molar-refractivity contribution in [1.29, 1.82) is 0 Å². The first kappa shape index (κ1) is 42.1. The number of benzene rings is 4. The van der Waals surface area contributed by atoms with Gasteiger partial charge in [0.05, 0.1) is 22.5 Å². The lowest BCUT2D eigenvalue weighted by molar-refractivity contribution is 0.0694. The zero-order valence-electron chi connectivity index (χ0n) is 33.0. The Morgan fingerprint density at radius 2 is 0.982 bits per heavy atom. The number of rotatable bonds is 16.